The summed E-state index contributed by atoms with van der Waals surface area (Å²) in [5.41, 5.74) is 4.45. The molecule has 8 heteroatoms. The average Bonchev–Trinajstić information content (AvgIpc) is 2.27. The maximum atomic E-state index is 12.5. The molecule has 3 N–H and O–H groups in total. The topological polar surface area (TPSA) is 72.2 Å². The van der Waals surface area contributed by atoms with Crippen molar-refractivity contribution in [3.05, 3.63) is 35.4 Å². The number of hydrogen-bond donors (Lipinski definition) is 2. The normalized spacial score (nSPS) is 12.6. The average molecular weight is 296 g/mol. The van der Waals surface area contributed by atoms with Crippen molar-refractivity contribution in [2.45, 2.75) is 18.3 Å². The Morgan fingerprint density at radius 3 is 2.53 bits per heavy atom. The Bertz CT molecular complexity index is 515. The van der Waals surface area contributed by atoms with E-state index in [2.05, 4.69) is 4.72 Å². The molecule has 0 aliphatic carbocycles. The molecule has 1 aromatic rings. The fourth-order valence-electron chi connectivity index (χ4n) is 1.44. The van der Waals surface area contributed by atoms with E-state index in [1.54, 1.807) is 0 Å². The summed E-state index contributed by atoms with van der Waals surface area (Å²) >= 11 is 0. The zero-order valence-electron chi connectivity index (χ0n) is 10.1. The lowest BCUT2D eigenvalue weighted by Gasteiger charge is -2.09. The Morgan fingerprint density at radius 1 is 1.26 bits per heavy atom. The molecule has 0 atom stereocenters. The summed E-state index contributed by atoms with van der Waals surface area (Å²) in [6, 6.07) is 4.27. The smallest absolute Gasteiger partial charge is 0.330 e. The molecule has 0 aliphatic rings. The first kappa shape index (κ1) is 15.9. The SMILES string of the molecule is NCCCNS(=O)(=O)Cc1cccc(C(F)(F)F)c1. The van der Waals surface area contributed by atoms with Crippen molar-refractivity contribution in [3.8, 4) is 0 Å². The van der Waals surface area contributed by atoms with Gasteiger partial charge in [0.15, 0.2) is 0 Å². The first-order valence-electron chi connectivity index (χ1n) is 5.58. The van der Waals surface area contributed by atoms with E-state index in [0.29, 0.717) is 13.0 Å². The highest BCUT2D eigenvalue weighted by Crippen LogP contribution is 2.29. The largest absolute Gasteiger partial charge is 0.416 e. The molecule has 0 unspecified atom stereocenters. The second-order valence-corrected chi connectivity index (χ2v) is 5.80. The Balaban J connectivity index is 2.77. The van der Waals surface area contributed by atoms with Crippen LogP contribution in [0.25, 0.3) is 0 Å². The highest BCUT2D eigenvalue weighted by Gasteiger charge is 2.30. The molecule has 4 nitrogen and oxygen atoms in total. The molecule has 0 radical (unpaired) electrons. The van der Waals surface area contributed by atoms with Crippen LogP contribution in [0.1, 0.15) is 17.5 Å². The lowest BCUT2D eigenvalue weighted by Crippen LogP contribution is -2.27. The van der Waals surface area contributed by atoms with Crippen LogP contribution in [0.2, 0.25) is 0 Å². The van der Waals surface area contributed by atoms with Gasteiger partial charge in [0.1, 0.15) is 0 Å². The Labute approximate surface area is 109 Å². The van der Waals surface area contributed by atoms with Crippen LogP contribution in [0.5, 0.6) is 0 Å². The molecule has 1 aromatic carbocycles. The van der Waals surface area contributed by atoms with Crippen molar-refractivity contribution in [2.75, 3.05) is 13.1 Å². The van der Waals surface area contributed by atoms with Gasteiger partial charge in [-0.2, -0.15) is 13.2 Å². The maximum Gasteiger partial charge on any atom is 0.416 e. The molecular formula is C11H15F3N2O2S. The van der Waals surface area contributed by atoms with Crippen LogP contribution in [0.4, 0.5) is 13.2 Å². The molecular weight excluding hydrogens is 281 g/mol. The molecule has 0 saturated carbocycles. The van der Waals surface area contributed by atoms with Gasteiger partial charge in [-0.05, 0) is 24.6 Å². The van der Waals surface area contributed by atoms with E-state index in [9.17, 15) is 21.6 Å². The highest BCUT2D eigenvalue weighted by atomic mass is 32.2. The molecule has 0 heterocycles. The van der Waals surface area contributed by atoms with Gasteiger partial charge < -0.3 is 5.73 Å². The summed E-state index contributed by atoms with van der Waals surface area (Å²) in [5.74, 6) is -0.485. The van der Waals surface area contributed by atoms with Gasteiger partial charge in [0.2, 0.25) is 10.0 Å². The van der Waals surface area contributed by atoms with Crippen LogP contribution < -0.4 is 10.5 Å². The van der Waals surface area contributed by atoms with E-state index in [0.717, 1.165) is 12.1 Å². The molecule has 0 spiro atoms. The molecule has 0 fully saturated rings. The van der Waals surface area contributed by atoms with E-state index in [1.165, 1.54) is 12.1 Å². The first-order chi connectivity index (χ1) is 8.74. The lowest BCUT2D eigenvalue weighted by molar-refractivity contribution is -0.137. The lowest BCUT2D eigenvalue weighted by atomic mass is 10.1. The summed E-state index contributed by atoms with van der Waals surface area (Å²) in [6.07, 6.45) is -4.01. The number of alkyl halides is 3. The summed E-state index contributed by atoms with van der Waals surface area (Å²) in [7, 11) is -3.64. The number of rotatable bonds is 6. The van der Waals surface area contributed by atoms with Gasteiger partial charge in [0.25, 0.3) is 0 Å². The molecule has 0 bridgehead atoms. The summed E-state index contributed by atoms with van der Waals surface area (Å²) < 4.78 is 62.9. The predicted octanol–water partition coefficient (Wildman–Crippen LogP) is 1.47. The number of nitrogens with one attached hydrogen (secondary N) is 1. The molecule has 0 amide bonds. The fraction of sp³-hybridized carbons (Fsp3) is 0.455. The molecule has 19 heavy (non-hydrogen) atoms. The first-order valence-corrected chi connectivity index (χ1v) is 7.23. The van der Waals surface area contributed by atoms with Gasteiger partial charge in [0.05, 0.1) is 11.3 Å². The van der Waals surface area contributed by atoms with Gasteiger partial charge in [-0.3, -0.25) is 0 Å². The number of hydrogen-bond acceptors (Lipinski definition) is 3. The van der Waals surface area contributed by atoms with Gasteiger partial charge in [-0.15, -0.1) is 0 Å². The molecule has 108 valence electrons. The number of benzene rings is 1. The molecule has 0 aliphatic heterocycles. The van der Waals surface area contributed by atoms with E-state index in [4.69, 9.17) is 5.73 Å². The third-order valence-electron chi connectivity index (χ3n) is 2.31. The monoisotopic (exact) mass is 296 g/mol. The van der Waals surface area contributed by atoms with Gasteiger partial charge in [-0.1, -0.05) is 18.2 Å². The van der Waals surface area contributed by atoms with Gasteiger partial charge >= 0.3 is 6.18 Å². The molecule has 0 saturated heterocycles. The van der Waals surface area contributed by atoms with Crippen molar-refractivity contribution in [1.29, 1.82) is 0 Å². The maximum absolute atomic E-state index is 12.5. The Kier molecular flexibility index (Phi) is 5.33. The van der Waals surface area contributed by atoms with Gasteiger partial charge in [0, 0.05) is 6.54 Å². The summed E-state index contributed by atoms with van der Waals surface area (Å²) in [5, 5.41) is 0. The highest BCUT2D eigenvalue weighted by molar-refractivity contribution is 7.88. The number of halogens is 3. The van der Waals surface area contributed by atoms with E-state index in [1.807, 2.05) is 0 Å². The van der Waals surface area contributed by atoms with Crippen molar-refractivity contribution in [2.24, 2.45) is 5.73 Å². The quantitative estimate of drug-likeness (QED) is 0.781. The zero-order chi connectivity index (χ0) is 14.5. The molecule has 0 aromatic heterocycles. The van der Waals surface area contributed by atoms with Crippen LogP contribution in [0, 0.1) is 0 Å². The van der Waals surface area contributed by atoms with Crippen LogP contribution in [-0.2, 0) is 22.0 Å². The van der Waals surface area contributed by atoms with Gasteiger partial charge in [-0.25, -0.2) is 13.1 Å². The third kappa shape index (κ3) is 5.58. The predicted molar refractivity (Wildman–Crippen MR) is 65.7 cm³/mol. The number of nitrogens with two attached hydrogens (primary N) is 1. The Morgan fingerprint density at radius 2 is 1.95 bits per heavy atom. The van der Waals surface area contributed by atoms with Crippen molar-refractivity contribution in [3.63, 3.8) is 0 Å². The van der Waals surface area contributed by atoms with Crippen LogP contribution in [-0.4, -0.2) is 21.5 Å². The Hall–Kier alpha value is -1.12. The van der Waals surface area contributed by atoms with Crippen molar-refractivity contribution >= 4 is 10.0 Å². The zero-order valence-corrected chi connectivity index (χ0v) is 10.9. The van der Waals surface area contributed by atoms with E-state index in [-0.39, 0.29) is 12.1 Å². The van der Waals surface area contributed by atoms with Crippen LogP contribution in [0.3, 0.4) is 0 Å². The molecule has 1 rings (SSSR count). The minimum Gasteiger partial charge on any atom is -0.330 e. The minimum absolute atomic E-state index is 0.0927. The van der Waals surface area contributed by atoms with Crippen molar-refractivity contribution < 1.29 is 21.6 Å². The summed E-state index contributed by atoms with van der Waals surface area (Å²) in [4.78, 5) is 0. The van der Waals surface area contributed by atoms with Crippen LogP contribution in [0.15, 0.2) is 24.3 Å². The second kappa shape index (κ2) is 6.36. The van der Waals surface area contributed by atoms with Crippen molar-refractivity contribution in [1.82, 2.24) is 4.72 Å². The third-order valence-corrected chi connectivity index (χ3v) is 3.67. The van der Waals surface area contributed by atoms with Crippen LogP contribution >= 0.6 is 0 Å². The standard InChI is InChI=1S/C11H15F3N2O2S/c12-11(13,14)10-4-1-3-9(7-10)8-19(17,18)16-6-2-5-15/h1,3-4,7,16H,2,5-6,8,15H2. The number of sulfonamides is 1. The second-order valence-electron chi connectivity index (χ2n) is 3.99. The summed E-state index contributed by atoms with van der Waals surface area (Å²) in [6.45, 7) is 0.518. The minimum atomic E-state index is -4.48. The van der Waals surface area contributed by atoms with E-state index >= 15 is 0 Å². The van der Waals surface area contributed by atoms with E-state index < -0.39 is 27.5 Å². The fourth-order valence-corrected chi connectivity index (χ4v) is 2.61.